The van der Waals surface area contributed by atoms with Crippen molar-refractivity contribution >= 4 is 23.7 Å². The highest BCUT2D eigenvalue weighted by Gasteiger charge is 2.48. The first-order valence-corrected chi connectivity index (χ1v) is 14.5. The van der Waals surface area contributed by atoms with Crippen LogP contribution in [0.4, 0.5) is 0 Å². The van der Waals surface area contributed by atoms with E-state index in [2.05, 4.69) is 6.92 Å². The molecule has 0 aromatic heterocycles. The van der Waals surface area contributed by atoms with Crippen LogP contribution in [-0.2, 0) is 19.2 Å². The number of imide groups is 1. The molecule has 0 aliphatic carbocycles. The molecule has 41 heavy (non-hydrogen) atoms. The molecule has 3 N–H and O–H groups in total. The van der Waals surface area contributed by atoms with E-state index >= 15 is 0 Å². The summed E-state index contributed by atoms with van der Waals surface area (Å²) >= 11 is 0. The van der Waals surface area contributed by atoms with Crippen LogP contribution in [0.25, 0.3) is 0 Å². The van der Waals surface area contributed by atoms with E-state index in [-0.39, 0.29) is 56.9 Å². The van der Waals surface area contributed by atoms with Gasteiger partial charge in [0, 0.05) is 51.0 Å². The number of amides is 3. The summed E-state index contributed by atoms with van der Waals surface area (Å²) in [6.45, 7) is 4.35. The number of rotatable bonds is 15. The lowest BCUT2D eigenvalue weighted by molar-refractivity contribution is -0.144. The zero-order valence-corrected chi connectivity index (χ0v) is 24.0. The summed E-state index contributed by atoms with van der Waals surface area (Å²) in [5.74, 6) is -1.53. The number of carbonyl (C=O) groups excluding carboxylic acids is 3. The Balaban J connectivity index is 1.62. The van der Waals surface area contributed by atoms with Crippen LogP contribution in [0.5, 0.6) is 17.2 Å². The van der Waals surface area contributed by atoms with Gasteiger partial charge in [0.1, 0.15) is 0 Å². The normalized spacial score (nSPS) is 22.0. The summed E-state index contributed by atoms with van der Waals surface area (Å²) < 4.78 is 16.6. The number of fused-ring (bicyclic) bond motifs is 1. The van der Waals surface area contributed by atoms with Gasteiger partial charge in [0.2, 0.25) is 30.3 Å². The van der Waals surface area contributed by atoms with Crippen LogP contribution in [0.1, 0.15) is 63.4 Å². The number of methoxy groups -OCH3 is 1. The molecule has 3 heterocycles. The van der Waals surface area contributed by atoms with Crippen LogP contribution in [0.3, 0.4) is 0 Å². The van der Waals surface area contributed by atoms with E-state index in [0.717, 1.165) is 25.7 Å². The molecule has 12 heteroatoms. The molecule has 2 saturated heterocycles. The fourth-order valence-corrected chi connectivity index (χ4v) is 6.12. The Hall–Kier alpha value is -3.38. The molecular weight excluding hydrogens is 532 g/mol. The molecule has 0 bridgehead atoms. The van der Waals surface area contributed by atoms with Gasteiger partial charge in [-0.1, -0.05) is 13.3 Å². The number of nitrogens with zero attached hydrogens (tertiary/aromatic N) is 3. The number of benzene rings is 1. The number of carbonyl (C=O) groups is 4. The standard InChI is InChI=1S/C29H42N4O8/c1-3-4-11-31(12-6-5-10-30)26(36)17-32-16-20(19-14-22(39-2)28-23(15-19)40-18-41-28)27(29(37)38)21(32)9-13-33-24(34)7-8-25(33)35/h14-15,20-21,27H,3-13,16-18,30H2,1-2H3,(H,37,38)/t20-,21+,27-/m1/s1. The highest BCUT2D eigenvalue weighted by molar-refractivity contribution is 6.01. The van der Waals surface area contributed by atoms with Crippen molar-refractivity contribution in [1.82, 2.24) is 14.7 Å². The Morgan fingerprint density at radius 3 is 2.51 bits per heavy atom. The van der Waals surface area contributed by atoms with E-state index in [4.69, 9.17) is 19.9 Å². The van der Waals surface area contributed by atoms with Crippen molar-refractivity contribution in [3.8, 4) is 17.2 Å². The van der Waals surface area contributed by atoms with Gasteiger partial charge in [-0.05, 0) is 49.9 Å². The predicted octanol–water partition coefficient (Wildman–Crippen LogP) is 1.80. The number of likely N-dealkylation sites (tertiary alicyclic amines) is 2. The van der Waals surface area contributed by atoms with Gasteiger partial charge < -0.3 is 30.0 Å². The summed E-state index contributed by atoms with van der Waals surface area (Å²) in [7, 11) is 1.51. The average molecular weight is 575 g/mol. The molecule has 226 valence electrons. The number of hydrogen-bond acceptors (Lipinski definition) is 9. The predicted molar refractivity (Wildman–Crippen MR) is 149 cm³/mol. The molecule has 4 rings (SSSR count). The van der Waals surface area contributed by atoms with E-state index < -0.39 is 23.8 Å². The van der Waals surface area contributed by atoms with Gasteiger partial charge in [-0.3, -0.25) is 29.0 Å². The average Bonchev–Trinajstić information content (AvgIpc) is 3.66. The van der Waals surface area contributed by atoms with Crippen LogP contribution in [0, 0.1) is 5.92 Å². The first kappa shape index (κ1) is 30.6. The van der Waals surface area contributed by atoms with Gasteiger partial charge in [0.05, 0.1) is 19.6 Å². The molecule has 3 amide bonds. The lowest BCUT2D eigenvalue weighted by atomic mass is 9.84. The molecule has 0 unspecified atom stereocenters. The molecule has 1 aromatic rings. The molecule has 0 spiro atoms. The van der Waals surface area contributed by atoms with Crippen molar-refractivity contribution in [1.29, 1.82) is 0 Å². The van der Waals surface area contributed by atoms with Gasteiger partial charge in [0.15, 0.2) is 11.5 Å². The zero-order valence-electron chi connectivity index (χ0n) is 24.0. The number of carboxylic acid groups (broad SMARTS) is 1. The number of ether oxygens (including phenoxy) is 3. The second kappa shape index (κ2) is 14.0. The highest BCUT2D eigenvalue weighted by Crippen LogP contribution is 2.47. The van der Waals surface area contributed by atoms with Crippen molar-refractivity contribution in [2.24, 2.45) is 11.7 Å². The molecular formula is C29H42N4O8. The maximum absolute atomic E-state index is 13.6. The van der Waals surface area contributed by atoms with Crippen LogP contribution >= 0.6 is 0 Å². The molecule has 2 fully saturated rings. The lowest BCUT2D eigenvalue weighted by Gasteiger charge is -2.30. The van der Waals surface area contributed by atoms with Gasteiger partial charge in [-0.2, -0.15) is 0 Å². The van der Waals surface area contributed by atoms with Gasteiger partial charge in [-0.15, -0.1) is 0 Å². The van der Waals surface area contributed by atoms with Crippen molar-refractivity contribution in [3.63, 3.8) is 0 Å². The van der Waals surface area contributed by atoms with Crippen molar-refractivity contribution in [2.45, 2.75) is 63.8 Å². The minimum absolute atomic E-state index is 0.0425. The van der Waals surface area contributed by atoms with Crippen LogP contribution < -0.4 is 19.9 Å². The SMILES string of the molecule is CCCCN(CCCCN)C(=O)CN1C[C@H](c2cc(OC)c3c(c2)OCO3)[C@@H](C(=O)O)[C@@H]1CCN1C(=O)CCC1=O. The number of aliphatic carboxylic acids is 1. The Morgan fingerprint density at radius 2 is 1.85 bits per heavy atom. The molecule has 3 aliphatic heterocycles. The molecule has 3 atom stereocenters. The van der Waals surface area contributed by atoms with Crippen molar-refractivity contribution in [2.75, 3.05) is 53.2 Å². The lowest BCUT2D eigenvalue weighted by Crippen LogP contribution is -2.46. The van der Waals surface area contributed by atoms with Gasteiger partial charge in [0.25, 0.3) is 0 Å². The van der Waals surface area contributed by atoms with E-state index in [9.17, 15) is 24.3 Å². The zero-order chi connectivity index (χ0) is 29.5. The Morgan fingerprint density at radius 1 is 1.12 bits per heavy atom. The quantitative estimate of drug-likeness (QED) is 0.234. The number of hydrogen-bond donors (Lipinski definition) is 2. The third kappa shape index (κ3) is 6.92. The van der Waals surface area contributed by atoms with Crippen molar-refractivity contribution < 1.29 is 38.5 Å². The van der Waals surface area contributed by atoms with E-state index in [1.165, 1.54) is 12.0 Å². The topological polar surface area (TPSA) is 152 Å². The van der Waals surface area contributed by atoms with E-state index in [0.29, 0.717) is 49.0 Å². The molecule has 0 radical (unpaired) electrons. The minimum atomic E-state index is -1.00. The van der Waals surface area contributed by atoms with Crippen LogP contribution in [0.2, 0.25) is 0 Å². The fourth-order valence-electron chi connectivity index (χ4n) is 6.12. The third-order valence-corrected chi connectivity index (χ3v) is 8.30. The maximum atomic E-state index is 13.6. The van der Waals surface area contributed by atoms with Crippen LogP contribution in [-0.4, -0.2) is 103 Å². The second-order valence-corrected chi connectivity index (χ2v) is 10.9. The number of unbranched alkanes of at least 4 members (excludes halogenated alkanes) is 2. The maximum Gasteiger partial charge on any atom is 0.308 e. The second-order valence-electron chi connectivity index (χ2n) is 10.9. The Kier molecular flexibility index (Phi) is 10.4. The number of nitrogens with two attached hydrogens (primary N) is 1. The summed E-state index contributed by atoms with van der Waals surface area (Å²) in [6.07, 6.45) is 4.02. The third-order valence-electron chi connectivity index (χ3n) is 8.30. The molecule has 0 saturated carbocycles. The van der Waals surface area contributed by atoms with E-state index in [1.807, 2.05) is 9.80 Å². The summed E-state index contributed by atoms with van der Waals surface area (Å²) in [5, 5.41) is 10.5. The number of carboxylic acids is 1. The van der Waals surface area contributed by atoms with E-state index in [1.54, 1.807) is 12.1 Å². The molecule has 1 aromatic carbocycles. The summed E-state index contributed by atoms with van der Waals surface area (Å²) in [5.41, 5.74) is 6.38. The van der Waals surface area contributed by atoms with Gasteiger partial charge in [-0.25, -0.2) is 0 Å². The molecule has 12 nitrogen and oxygen atoms in total. The highest BCUT2D eigenvalue weighted by atomic mass is 16.7. The monoisotopic (exact) mass is 574 g/mol. The Bertz CT molecular complexity index is 1110. The van der Waals surface area contributed by atoms with Crippen LogP contribution in [0.15, 0.2) is 12.1 Å². The Labute approximate surface area is 240 Å². The van der Waals surface area contributed by atoms with Gasteiger partial charge >= 0.3 is 5.97 Å². The molecule has 3 aliphatic rings. The first-order chi connectivity index (χ1) is 19.8. The minimum Gasteiger partial charge on any atom is -0.493 e. The fraction of sp³-hybridized carbons (Fsp3) is 0.655. The summed E-state index contributed by atoms with van der Waals surface area (Å²) in [6, 6.07) is 2.97. The smallest absolute Gasteiger partial charge is 0.308 e. The summed E-state index contributed by atoms with van der Waals surface area (Å²) in [4.78, 5) is 56.0. The largest absolute Gasteiger partial charge is 0.493 e. The van der Waals surface area contributed by atoms with Crippen molar-refractivity contribution in [3.05, 3.63) is 17.7 Å². The first-order valence-electron chi connectivity index (χ1n) is 14.5.